The van der Waals surface area contributed by atoms with Crippen LogP contribution < -0.4 is 15.7 Å². The first-order valence-corrected chi connectivity index (χ1v) is 6.57. The average molecular weight is 275 g/mol. The van der Waals surface area contributed by atoms with Crippen LogP contribution in [0.25, 0.3) is 11.0 Å². The molecule has 0 atom stereocenters. The van der Waals surface area contributed by atoms with Crippen molar-refractivity contribution in [2.75, 3.05) is 13.2 Å². The van der Waals surface area contributed by atoms with Crippen molar-refractivity contribution < 1.29 is 4.74 Å². The van der Waals surface area contributed by atoms with Crippen LogP contribution in [0.3, 0.4) is 0 Å². The number of fused-ring (bicyclic) bond motifs is 1. The van der Waals surface area contributed by atoms with Gasteiger partial charge in [0.05, 0.1) is 12.1 Å². The Kier molecular flexibility index (Phi) is 6.41. The number of aromatic nitrogens is 2. The van der Waals surface area contributed by atoms with Crippen molar-refractivity contribution in [2.45, 2.75) is 26.3 Å². The van der Waals surface area contributed by atoms with Gasteiger partial charge >= 0.3 is 5.69 Å². The molecule has 0 bridgehead atoms. The lowest BCUT2D eigenvalue weighted by molar-refractivity contribution is 0.309. The Hall–Kier alpha value is -2.19. The van der Waals surface area contributed by atoms with Crippen molar-refractivity contribution in [3.63, 3.8) is 0 Å². The number of hydrogen-bond donors (Lipinski definition) is 3. The summed E-state index contributed by atoms with van der Waals surface area (Å²) >= 11 is 0. The lowest BCUT2D eigenvalue weighted by Crippen LogP contribution is -2.24. The van der Waals surface area contributed by atoms with Crippen molar-refractivity contribution in [3.05, 3.63) is 28.7 Å². The summed E-state index contributed by atoms with van der Waals surface area (Å²) in [5, 5.41) is 3.33. The summed E-state index contributed by atoms with van der Waals surface area (Å²) < 4.78 is 5.68. The molecule has 3 N–H and O–H groups in total. The van der Waals surface area contributed by atoms with Crippen molar-refractivity contribution >= 4 is 11.0 Å². The fraction of sp³-hybridized carbons (Fsp3) is 0.400. The summed E-state index contributed by atoms with van der Waals surface area (Å²) in [6, 6.07) is 6.07. The normalized spacial score (nSPS) is 10.2. The highest BCUT2D eigenvalue weighted by Crippen LogP contribution is 2.20. The van der Waals surface area contributed by atoms with Crippen LogP contribution in [0, 0.1) is 12.8 Å². The topological polar surface area (TPSA) is 69.9 Å². The minimum absolute atomic E-state index is 0.206. The third kappa shape index (κ3) is 4.48. The van der Waals surface area contributed by atoms with Crippen LogP contribution in [0.5, 0.6) is 5.75 Å². The molecule has 108 valence electrons. The Morgan fingerprint density at radius 2 is 2.05 bits per heavy atom. The highest BCUT2D eigenvalue weighted by atomic mass is 16.5. The number of terminal acetylenes is 1. The van der Waals surface area contributed by atoms with Gasteiger partial charge in [-0.3, -0.25) is 0 Å². The molecule has 0 saturated carbocycles. The summed E-state index contributed by atoms with van der Waals surface area (Å²) in [7, 11) is 0. The lowest BCUT2D eigenvalue weighted by Gasteiger charge is -2.09. The Morgan fingerprint density at radius 1 is 1.30 bits per heavy atom. The third-order valence-corrected chi connectivity index (χ3v) is 2.64. The molecule has 0 unspecified atom stereocenters. The SMILES string of the molecule is C#C.CC(C)NCCCOc1cccc2[nH]c(=O)[nH]c12. The van der Waals surface area contributed by atoms with Gasteiger partial charge in [-0.15, -0.1) is 12.8 Å². The van der Waals surface area contributed by atoms with E-state index in [9.17, 15) is 4.79 Å². The van der Waals surface area contributed by atoms with E-state index < -0.39 is 0 Å². The zero-order chi connectivity index (χ0) is 15.0. The molecule has 5 heteroatoms. The molecule has 1 aromatic carbocycles. The van der Waals surface area contributed by atoms with Gasteiger partial charge in [0, 0.05) is 6.04 Å². The predicted octanol–water partition coefficient (Wildman–Crippen LogP) is 1.87. The first kappa shape index (κ1) is 15.9. The second-order valence-corrected chi connectivity index (χ2v) is 4.57. The molecule has 0 fully saturated rings. The number of nitrogens with one attached hydrogen (secondary N) is 3. The van der Waals surface area contributed by atoms with Gasteiger partial charge in [-0.1, -0.05) is 19.9 Å². The maximum absolute atomic E-state index is 11.2. The second-order valence-electron chi connectivity index (χ2n) is 4.57. The second kappa shape index (κ2) is 8.08. The van der Waals surface area contributed by atoms with Gasteiger partial charge in [-0.2, -0.15) is 0 Å². The zero-order valence-corrected chi connectivity index (χ0v) is 11.9. The fourth-order valence-corrected chi connectivity index (χ4v) is 1.80. The van der Waals surface area contributed by atoms with Gasteiger partial charge < -0.3 is 20.0 Å². The lowest BCUT2D eigenvalue weighted by atomic mass is 10.3. The Bertz CT molecular complexity index is 596. The highest BCUT2D eigenvalue weighted by molar-refractivity contribution is 5.80. The molecule has 0 amide bonds. The Labute approximate surface area is 118 Å². The Balaban J connectivity index is 0.000000956. The molecule has 0 radical (unpaired) electrons. The number of imidazole rings is 1. The number of benzene rings is 1. The van der Waals surface area contributed by atoms with E-state index in [1.54, 1.807) is 0 Å². The highest BCUT2D eigenvalue weighted by Gasteiger charge is 2.04. The van der Waals surface area contributed by atoms with Crippen LogP contribution in [-0.4, -0.2) is 29.2 Å². The minimum atomic E-state index is -0.206. The van der Waals surface area contributed by atoms with Crippen LogP contribution in [0.15, 0.2) is 23.0 Å². The van der Waals surface area contributed by atoms with Gasteiger partial charge in [-0.05, 0) is 25.1 Å². The van der Waals surface area contributed by atoms with E-state index in [0.717, 1.165) is 29.7 Å². The monoisotopic (exact) mass is 275 g/mol. The molecule has 0 saturated heterocycles. The average Bonchev–Trinajstić information content (AvgIpc) is 2.81. The third-order valence-electron chi connectivity index (χ3n) is 2.64. The van der Waals surface area contributed by atoms with Crippen molar-refractivity contribution in [1.29, 1.82) is 0 Å². The maximum atomic E-state index is 11.2. The molecular formula is C15H21N3O2. The quantitative estimate of drug-likeness (QED) is 0.557. The number of hydrogen-bond acceptors (Lipinski definition) is 3. The molecule has 1 aromatic heterocycles. The molecule has 20 heavy (non-hydrogen) atoms. The summed E-state index contributed by atoms with van der Waals surface area (Å²) in [5.41, 5.74) is 1.31. The van der Waals surface area contributed by atoms with Crippen molar-refractivity contribution in [1.82, 2.24) is 15.3 Å². The molecule has 0 aliphatic heterocycles. The van der Waals surface area contributed by atoms with E-state index in [1.807, 2.05) is 18.2 Å². The molecule has 2 aromatic rings. The number of aromatic amines is 2. The number of ether oxygens (including phenoxy) is 1. The van der Waals surface area contributed by atoms with Crippen LogP contribution in [0.4, 0.5) is 0 Å². The van der Waals surface area contributed by atoms with E-state index in [0.29, 0.717) is 12.6 Å². The van der Waals surface area contributed by atoms with E-state index >= 15 is 0 Å². The minimum Gasteiger partial charge on any atom is -0.491 e. The molecule has 1 heterocycles. The molecular weight excluding hydrogens is 254 g/mol. The summed E-state index contributed by atoms with van der Waals surface area (Å²) in [4.78, 5) is 16.7. The number of rotatable bonds is 6. The van der Waals surface area contributed by atoms with Crippen LogP contribution in [-0.2, 0) is 0 Å². The van der Waals surface area contributed by atoms with E-state index in [-0.39, 0.29) is 5.69 Å². The van der Waals surface area contributed by atoms with Gasteiger partial charge in [-0.25, -0.2) is 4.79 Å². The van der Waals surface area contributed by atoms with Crippen molar-refractivity contribution in [3.8, 4) is 18.6 Å². The smallest absolute Gasteiger partial charge is 0.323 e. The van der Waals surface area contributed by atoms with Crippen molar-refractivity contribution in [2.24, 2.45) is 0 Å². The van der Waals surface area contributed by atoms with Gasteiger partial charge in [0.2, 0.25) is 0 Å². The summed E-state index contributed by atoms with van der Waals surface area (Å²) in [6.45, 7) is 5.79. The van der Waals surface area contributed by atoms with E-state index in [4.69, 9.17) is 4.74 Å². The van der Waals surface area contributed by atoms with Crippen LogP contribution in [0.2, 0.25) is 0 Å². The largest absolute Gasteiger partial charge is 0.491 e. The zero-order valence-electron chi connectivity index (χ0n) is 11.9. The molecule has 0 aliphatic rings. The molecule has 0 spiro atoms. The first-order valence-electron chi connectivity index (χ1n) is 6.57. The summed E-state index contributed by atoms with van der Waals surface area (Å²) in [6.07, 6.45) is 8.93. The predicted molar refractivity (Wildman–Crippen MR) is 82.1 cm³/mol. The Morgan fingerprint density at radius 3 is 2.75 bits per heavy atom. The first-order chi connectivity index (χ1) is 9.66. The standard InChI is InChI=1S/C13H19N3O2.C2H2/c1-9(2)14-7-4-8-18-11-6-3-5-10-12(11)16-13(17)15-10;1-2/h3,5-6,9,14H,4,7-8H2,1-2H3,(H2,15,16,17);1-2H. The van der Waals surface area contributed by atoms with Crippen LogP contribution in [0.1, 0.15) is 20.3 Å². The summed E-state index contributed by atoms with van der Waals surface area (Å²) in [5.74, 6) is 0.718. The fourth-order valence-electron chi connectivity index (χ4n) is 1.80. The van der Waals surface area contributed by atoms with E-state index in [1.165, 1.54) is 0 Å². The van der Waals surface area contributed by atoms with Gasteiger partial charge in [0.1, 0.15) is 11.3 Å². The van der Waals surface area contributed by atoms with Gasteiger partial charge in [0.25, 0.3) is 0 Å². The number of H-pyrrole nitrogens is 2. The molecule has 5 nitrogen and oxygen atoms in total. The number of para-hydroxylation sites is 1. The maximum Gasteiger partial charge on any atom is 0.323 e. The molecule has 2 rings (SSSR count). The van der Waals surface area contributed by atoms with E-state index in [2.05, 4.69) is 42.0 Å². The molecule has 0 aliphatic carbocycles. The van der Waals surface area contributed by atoms with Gasteiger partial charge in [0.15, 0.2) is 0 Å². The van der Waals surface area contributed by atoms with Crippen LogP contribution >= 0.6 is 0 Å².